The summed E-state index contributed by atoms with van der Waals surface area (Å²) in [6, 6.07) is 2.42. The van der Waals surface area contributed by atoms with Gasteiger partial charge in [-0.05, 0) is 32.8 Å². The molecule has 3 heteroatoms. The molecule has 1 N–H and O–H groups in total. The van der Waals surface area contributed by atoms with Crippen LogP contribution >= 0.6 is 0 Å². The van der Waals surface area contributed by atoms with Crippen molar-refractivity contribution in [1.29, 1.82) is 0 Å². The molecule has 1 aromatic heterocycles. The summed E-state index contributed by atoms with van der Waals surface area (Å²) in [6.45, 7) is 4.22. The first kappa shape index (κ1) is 10.7. The van der Waals surface area contributed by atoms with E-state index in [0.29, 0.717) is 12.5 Å². The lowest BCUT2D eigenvalue weighted by atomic mass is 9.96. The molecule has 1 saturated carbocycles. The first-order valence-electron chi connectivity index (χ1n) is 5.85. The van der Waals surface area contributed by atoms with Crippen molar-refractivity contribution in [3.8, 4) is 0 Å². The van der Waals surface area contributed by atoms with Crippen molar-refractivity contribution in [2.45, 2.75) is 57.6 Å². The highest BCUT2D eigenvalue weighted by Crippen LogP contribution is 2.32. The van der Waals surface area contributed by atoms with Gasteiger partial charge in [0.15, 0.2) is 0 Å². The van der Waals surface area contributed by atoms with E-state index in [1.54, 1.807) is 0 Å². The largest absolute Gasteiger partial charge is 0.389 e. The van der Waals surface area contributed by atoms with Gasteiger partial charge < -0.3 is 5.11 Å². The highest BCUT2D eigenvalue weighted by molar-refractivity contribution is 5.05. The average Bonchev–Trinajstić information content (AvgIpc) is 2.75. The summed E-state index contributed by atoms with van der Waals surface area (Å²) < 4.78 is 1.95. The Morgan fingerprint density at radius 1 is 1.47 bits per heavy atom. The van der Waals surface area contributed by atoms with E-state index in [-0.39, 0.29) is 0 Å². The van der Waals surface area contributed by atoms with Crippen LogP contribution in [0.25, 0.3) is 0 Å². The predicted octanol–water partition coefficient (Wildman–Crippen LogP) is 2.31. The molecule has 3 nitrogen and oxygen atoms in total. The minimum Gasteiger partial charge on any atom is -0.389 e. The van der Waals surface area contributed by atoms with Gasteiger partial charge in [0.05, 0.1) is 11.3 Å². The first-order valence-corrected chi connectivity index (χ1v) is 5.85. The Labute approximate surface area is 91.1 Å². The van der Waals surface area contributed by atoms with Gasteiger partial charge in [-0.25, -0.2) is 0 Å². The zero-order valence-electron chi connectivity index (χ0n) is 9.61. The van der Waals surface area contributed by atoms with Crippen LogP contribution in [-0.4, -0.2) is 20.5 Å². The number of hydrogen-bond acceptors (Lipinski definition) is 2. The molecule has 1 heterocycles. The van der Waals surface area contributed by atoms with Crippen molar-refractivity contribution >= 4 is 0 Å². The molecular weight excluding hydrogens is 188 g/mol. The average molecular weight is 208 g/mol. The van der Waals surface area contributed by atoms with Crippen molar-refractivity contribution in [1.82, 2.24) is 9.78 Å². The number of hydrogen-bond donors (Lipinski definition) is 1. The summed E-state index contributed by atoms with van der Waals surface area (Å²) in [4.78, 5) is 0. The second kappa shape index (κ2) is 3.97. The van der Waals surface area contributed by atoms with Crippen molar-refractivity contribution in [2.75, 3.05) is 0 Å². The van der Waals surface area contributed by atoms with Crippen LogP contribution in [0.5, 0.6) is 0 Å². The highest BCUT2D eigenvalue weighted by atomic mass is 16.3. The molecule has 0 amide bonds. The summed E-state index contributed by atoms with van der Waals surface area (Å²) in [6.07, 6.45) is 6.89. The van der Waals surface area contributed by atoms with Crippen molar-refractivity contribution in [3.63, 3.8) is 0 Å². The van der Waals surface area contributed by atoms with Gasteiger partial charge >= 0.3 is 0 Å². The Bertz CT molecular complexity index is 324. The van der Waals surface area contributed by atoms with Crippen LogP contribution in [0.2, 0.25) is 0 Å². The molecule has 1 aromatic rings. The molecule has 0 aromatic carbocycles. The Hall–Kier alpha value is -0.830. The SMILES string of the molecule is CC(C)n1ccc(CC2(O)CCCC2)n1. The molecule has 15 heavy (non-hydrogen) atoms. The topological polar surface area (TPSA) is 38.0 Å². The minimum absolute atomic E-state index is 0.400. The highest BCUT2D eigenvalue weighted by Gasteiger charge is 2.31. The lowest BCUT2D eigenvalue weighted by Crippen LogP contribution is -2.27. The maximum Gasteiger partial charge on any atom is 0.0703 e. The van der Waals surface area contributed by atoms with Crippen molar-refractivity contribution in [3.05, 3.63) is 18.0 Å². The van der Waals surface area contributed by atoms with E-state index in [1.807, 2.05) is 16.9 Å². The Morgan fingerprint density at radius 2 is 2.13 bits per heavy atom. The zero-order chi connectivity index (χ0) is 10.9. The van der Waals surface area contributed by atoms with Gasteiger partial charge in [0.2, 0.25) is 0 Å². The van der Waals surface area contributed by atoms with E-state index in [9.17, 15) is 5.11 Å². The summed E-state index contributed by atoms with van der Waals surface area (Å²) in [5.74, 6) is 0. The second-order valence-electron chi connectivity index (χ2n) is 4.99. The van der Waals surface area contributed by atoms with E-state index < -0.39 is 5.60 Å². The fourth-order valence-electron chi connectivity index (χ4n) is 2.31. The predicted molar refractivity (Wildman–Crippen MR) is 59.7 cm³/mol. The number of nitrogens with zero attached hydrogens (tertiary/aromatic N) is 2. The van der Waals surface area contributed by atoms with Gasteiger partial charge in [-0.1, -0.05) is 12.8 Å². The maximum absolute atomic E-state index is 10.2. The zero-order valence-corrected chi connectivity index (χ0v) is 9.61. The van der Waals surface area contributed by atoms with Gasteiger partial charge in [0, 0.05) is 18.7 Å². The summed E-state index contributed by atoms with van der Waals surface area (Å²) in [5, 5.41) is 14.7. The van der Waals surface area contributed by atoms with Crippen LogP contribution in [0.15, 0.2) is 12.3 Å². The quantitative estimate of drug-likeness (QED) is 0.827. The molecule has 1 fully saturated rings. The van der Waals surface area contributed by atoms with Gasteiger partial charge in [-0.3, -0.25) is 4.68 Å². The van der Waals surface area contributed by atoms with E-state index in [4.69, 9.17) is 0 Å². The molecule has 0 aliphatic heterocycles. The molecule has 84 valence electrons. The minimum atomic E-state index is -0.476. The monoisotopic (exact) mass is 208 g/mol. The molecule has 1 aliphatic rings. The van der Waals surface area contributed by atoms with Gasteiger partial charge in [-0.2, -0.15) is 5.10 Å². The molecule has 0 saturated heterocycles. The Morgan fingerprint density at radius 3 is 2.67 bits per heavy atom. The van der Waals surface area contributed by atoms with Crippen LogP contribution in [0, 0.1) is 0 Å². The van der Waals surface area contributed by atoms with Crippen LogP contribution < -0.4 is 0 Å². The van der Waals surface area contributed by atoms with Crippen molar-refractivity contribution < 1.29 is 5.11 Å². The fourth-order valence-corrected chi connectivity index (χ4v) is 2.31. The lowest BCUT2D eigenvalue weighted by Gasteiger charge is -2.20. The second-order valence-corrected chi connectivity index (χ2v) is 4.99. The normalized spacial score (nSPS) is 20.0. The molecule has 0 unspecified atom stereocenters. The van der Waals surface area contributed by atoms with E-state index in [2.05, 4.69) is 18.9 Å². The number of rotatable bonds is 3. The van der Waals surface area contributed by atoms with Gasteiger partial charge in [-0.15, -0.1) is 0 Å². The maximum atomic E-state index is 10.2. The molecule has 2 rings (SSSR count). The van der Waals surface area contributed by atoms with Crippen LogP contribution in [-0.2, 0) is 6.42 Å². The third kappa shape index (κ3) is 2.40. The third-order valence-electron chi connectivity index (χ3n) is 3.24. The van der Waals surface area contributed by atoms with Crippen molar-refractivity contribution in [2.24, 2.45) is 0 Å². The van der Waals surface area contributed by atoms with Crippen LogP contribution in [0.3, 0.4) is 0 Å². The Kier molecular flexibility index (Phi) is 2.83. The van der Waals surface area contributed by atoms with Crippen LogP contribution in [0.1, 0.15) is 51.3 Å². The summed E-state index contributed by atoms with van der Waals surface area (Å²) >= 11 is 0. The number of aromatic nitrogens is 2. The van der Waals surface area contributed by atoms with E-state index in [0.717, 1.165) is 31.4 Å². The van der Waals surface area contributed by atoms with Gasteiger partial charge in [0.25, 0.3) is 0 Å². The Balaban J connectivity index is 2.04. The summed E-state index contributed by atoms with van der Waals surface area (Å²) in [5.41, 5.74) is 0.545. The fraction of sp³-hybridized carbons (Fsp3) is 0.750. The smallest absolute Gasteiger partial charge is 0.0703 e. The molecule has 0 radical (unpaired) electrons. The number of aliphatic hydroxyl groups is 1. The van der Waals surface area contributed by atoms with E-state index in [1.165, 1.54) is 0 Å². The lowest BCUT2D eigenvalue weighted by molar-refractivity contribution is 0.0470. The molecule has 0 spiro atoms. The van der Waals surface area contributed by atoms with Crippen LogP contribution in [0.4, 0.5) is 0 Å². The molecule has 0 bridgehead atoms. The molecular formula is C12H20N2O. The molecule has 0 atom stereocenters. The third-order valence-corrected chi connectivity index (χ3v) is 3.24. The standard InChI is InChI=1S/C12H20N2O/c1-10(2)14-8-5-11(13-14)9-12(15)6-3-4-7-12/h5,8,10,15H,3-4,6-7,9H2,1-2H3. The molecule has 1 aliphatic carbocycles. The summed E-state index contributed by atoms with van der Waals surface area (Å²) in [7, 11) is 0. The first-order chi connectivity index (χ1) is 7.09. The van der Waals surface area contributed by atoms with Gasteiger partial charge in [0.1, 0.15) is 0 Å². The van der Waals surface area contributed by atoms with E-state index >= 15 is 0 Å².